The highest BCUT2D eigenvalue weighted by molar-refractivity contribution is 6.06. The van der Waals surface area contributed by atoms with E-state index in [4.69, 9.17) is 0 Å². The lowest BCUT2D eigenvalue weighted by atomic mass is 9.94. The third kappa shape index (κ3) is 6.19. The zero-order valence-corrected chi connectivity index (χ0v) is 23.1. The number of aliphatic imine (C=N–C) groups is 1. The van der Waals surface area contributed by atoms with E-state index in [1.807, 2.05) is 32.9 Å². The molecule has 6 heteroatoms. The van der Waals surface area contributed by atoms with Crippen LogP contribution in [0.25, 0.3) is 11.1 Å². The predicted molar refractivity (Wildman–Crippen MR) is 152 cm³/mol. The molecule has 196 valence electrons. The number of rotatable bonds is 8. The molecule has 0 saturated heterocycles. The van der Waals surface area contributed by atoms with Crippen LogP contribution >= 0.6 is 0 Å². The molecule has 2 amide bonds. The highest BCUT2D eigenvalue weighted by atomic mass is 16.2. The average Bonchev–Trinajstić information content (AvgIpc) is 3.38. The van der Waals surface area contributed by atoms with Crippen LogP contribution in [-0.2, 0) is 11.3 Å². The number of anilines is 1. The Morgan fingerprint density at radius 1 is 1.00 bits per heavy atom. The minimum Gasteiger partial charge on any atom is -0.371 e. The summed E-state index contributed by atoms with van der Waals surface area (Å²) < 4.78 is 0. The summed E-state index contributed by atoms with van der Waals surface area (Å²) in [5, 5.41) is 3.04. The van der Waals surface area contributed by atoms with E-state index in [1.54, 1.807) is 0 Å². The largest absolute Gasteiger partial charge is 0.371 e. The first-order chi connectivity index (χ1) is 17.6. The van der Waals surface area contributed by atoms with Gasteiger partial charge in [-0.1, -0.05) is 42.7 Å². The maximum absolute atomic E-state index is 13.5. The topological polar surface area (TPSA) is 65.0 Å². The van der Waals surface area contributed by atoms with Crippen LogP contribution in [0.15, 0.2) is 53.0 Å². The van der Waals surface area contributed by atoms with Crippen LogP contribution in [0.5, 0.6) is 0 Å². The van der Waals surface area contributed by atoms with Gasteiger partial charge in [-0.15, -0.1) is 0 Å². The standard InChI is InChI=1S/C31H40N4O2/c1-20-15-21(2)33-31(37)28(20)18-32-30(36)27-16-25(24-13-11-23(12-14-24)19-34(4)5)17-29(22(27)3)35(6)26-9-7-8-10-26/h11-17,26,28H,7-10,18-19H2,1-6H3,(H,32,36). The van der Waals surface area contributed by atoms with Crippen LogP contribution < -0.4 is 10.2 Å². The Kier molecular flexibility index (Phi) is 8.28. The van der Waals surface area contributed by atoms with Crippen molar-refractivity contribution < 1.29 is 9.59 Å². The Morgan fingerprint density at radius 2 is 1.68 bits per heavy atom. The molecule has 1 fully saturated rings. The molecule has 6 nitrogen and oxygen atoms in total. The fourth-order valence-corrected chi connectivity index (χ4v) is 5.57. The number of hydrogen-bond acceptors (Lipinski definition) is 4. The van der Waals surface area contributed by atoms with E-state index in [1.165, 1.54) is 31.2 Å². The molecule has 1 aliphatic carbocycles. The molecule has 2 aliphatic rings. The lowest BCUT2D eigenvalue weighted by Gasteiger charge is -2.30. The Morgan fingerprint density at radius 3 is 2.30 bits per heavy atom. The summed E-state index contributed by atoms with van der Waals surface area (Å²) in [4.78, 5) is 34.6. The van der Waals surface area contributed by atoms with Gasteiger partial charge < -0.3 is 15.1 Å². The van der Waals surface area contributed by atoms with Gasteiger partial charge in [0.1, 0.15) is 0 Å². The van der Waals surface area contributed by atoms with Gasteiger partial charge in [0, 0.05) is 43.1 Å². The van der Waals surface area contributed by atoms with Gasteiger partial charge in [-0.2, -0.15) is 0 Å². The number of carbonyl (C=O) groups excluding carboxylic acids is 2. The van der Waals surface area contributed by atoms with Gasteiger partial charge in [0.2, 0.25) is 0 Å². The molecular weight excluding hydrogens is 460 g/mol. The van der Waals surface area contributed by atoms with Gasteiger partial charge in [-0.25, -0.2) is 4.99 Å². The summed E-state index contributed by atoms with van der Waals surface area (Å²) in [7, 11) is 6.28. The Balaban J connectivity index is 1.65. The first-order valence-electron chi connectivity index (χ1n) is 13.3. The molecule has 2 aromatic carbocycles. The van der Waals surface area contributed by atoms with E-state index in [-0.39, 0.29) is 18.4 Å². The van der Waals surface area contributed by atoms with Crippen LogP contribution in [0.4, 0.5) is 5.69 Å². The molecule has 1 aliphatic heterocycles. The number of hydrogen-bond donors (Lipinski definition) is 1. The van der Waals surface area contributed by atoms with Crippen molar-refractivity contribution in [1.29, 1.82) is 0 Å². The number of nitrogens with zero attached hydrogens (tertiary/aromatic N) is 3. The van der Waals surface area contributed by atoms with Crippen molar-refractivity contribution in [3.05, 3.63) is 64.7 Å². The van der Waals surface area contributed by atoms with Gasteiger partial charge in [0.05, 0.1) is 5.92 Å². The van der Waals surface area contributed by atoms with Gasteiger partial charge in [0.25, 0.3) is 11.8 Å². The molecule has 1 heterocycles. The van der Waals surface area contributed by atoms with Crippen molar-refractivity contribution in [2.45, 2.75) is 59.0 Å². The Hall–Kier alpha value is -3.25. The van der Waals surface area contributed by atoms with E-state index in [9.17, 15) is 9.59 Å². The number of dihydropyridines is 1. The molecule has 0 spiro atoms. The fraction of sp³-hybridized carbons (Fsp3) is 0.452. The van der Waals surface area contributed by atoms with E-state index in [0.29, 0.717) is 17.3 Å². The monoisotopic (exact) mass is 500 g/mol. The molecule has 0 bridgehead atoms. The van der Waals surface area contributed by atoms with Gasteiger partial charge in [0.15, 0.2) is 0 Å². The minimum atomic E-state index is -0.416. The number of carbonyl (C=O) groups is 2. The van der Waals surface area contributed by atoms with Crippen molar-refractivity contribution in [3.63, 3.8) is 0 Å². The summed E-state index contributed by atoms with van der Waals surface area (Å²) in [5.74, 6) is -0.764. The van der Waals surface area contributed by atoms with Gasteiger partial charge in [-0.3, -0.25) is 9.59 Å². The van der Waals surface area contributed by atoms with Crippen LogP contribution in [-0.4, -0.2) is 56.2 Å². The average molecular weight is 501 g/mol. The molecule has 0 aromatic heterocycles. The second kappa shape index (κ2) is 11.4. The van der Waals surface area contributed by atoms with Crippen molar-refractivity contribution in [3.8, 4) is 11.1 Å². The maximum Gasteiger partial charge on any atom is 0.254 e. The van der Waals surface area contributed by atoms with E-state index in [2.05, 4.69) is 71.6 Å². The van der Waals surface area contributed by atoms with Crippen LogP contribution in [0.1, 0.15) is 61.0 Å². The molecular formula is C31H40N4O2. The molecule has 0 radical (unpaired) electrons. The van der Waals surface area contributed by atoms with E-state index < -0.39 is 5.92 Å². The summed E-state index contributed by atoms with van der Waals surface area (Å²) in [6.45, 7) is 6.90. The number of benzene rings is 2. The molecule has 2 aromatic rings. The van der Waals surface area contributed by atoms with Crippen molar-refractivity contribution in [2.75, 3.05) is 32.6 Å². The lowest BCUT2D eigenvalue weighted by Crippen LogP contribution is -2.35. The van der Waals surface area contributed by atoms with E-state index >= 15 is 0 Å². The maximum atomic E-state index is 13.5. The molecule has 4 rings (SSSR count). The summed E-state index contributed by atoms with van der Waals surface area (Å²) in [5.41, 5.74) is 7.72. The van der Waals surface area contributed by atoms with Crippen LogP contribution in [0.3, 0.4) is 0 Å². The third-order valence-corrected chi connectivity index (χ3v) is 7.70. The summed E-state index contributed by atoms with van der Waals surface area (Å²) in [6.07, 6.45) is 6.77. The Bertz CT molecular complexity index is 1220. The molecule has 1 atom stereocenters. The normalized spacial score (nSPS) is 18.1. The predicted octanol–water partition coefficient (Wildman–Crippen LogP) is 5.40. The molecule has 1 unspecified atom stereocenters. The van der Waals surface area contributed by atoms with Crippen molar-refractivity contribution >= 4 is 23.2 Å². The second-order valence-electron chi connectivity index (χ2n) is 10.9. The SMILES string of the molecule is CC1=CC(C)=NC(=O)C1CNC(=O)c1cc(-c2ccc(CN(C)C)cc2)cc(N(C)C2CCCC2)c1C. The highest BCUT2D eigenvalue weighted by Crippen LogP contribution is 2.35. The van der Waals surface area contributed by atoms with Crippen LogP contribution in [0, 0.1) is 12.8 Å². The number of nitrogens with one attached hydrogen (secondary N) is 1. The van der Waals surface area contributed by atoms with Crippen LogP contribution in [0.2, 0.25) is 0 Å². The number of amides is 2. The number of allylic oxidation sites excluding steroid dienone is 1. The summed E-state index contributed by atoms with van der Waals surface area (Å²) in [6, 6.07) is 13.3. The quantitative estimate of drug-likeness (QED) is 0.527. The zero-order chi connectivity index (χ0) is 26.7. The van der Waals surface area contributed by atoms with Gasteiger partial charge in [-0.05, 0) is 88.2 Å². The van der Waals surface area contributed by atoms with E-state index in [0.717, 1.165) is 34.5 Å². The lowest BCUT2D eigenvalue weighted by molar-refractivity contribution is -0.120. The van der Waals surface area contributed by atoms with Gasteiger partial charge >= 0.3 is 0 Å². The summed E-state index contributed by atoms with van der Waals surface area (Å²) >= 11 is 0. The minimum absolute atomic E-state index is 0.156. The molecule has 1 saturated carbocycles. The zero-order valence-electron chi connectivity index (χ0n) is 23.1. The third-order valence-electron chi connectivity index (χ3n) is 7.70. The fourth-order valence-electron chi connectivity index (χ4n) is 5.57. The highest BCUT2D eigenvalue weighted by Gasteiger charge is 2.26. The first-order valence-corrected chi connectivity index (χ1v) is 13.3. The molecule has 37 heavy (non-hydrogen) atoms. The second-order valence-corrected chi connectivity index (χ2v) is 10.9. The van der Waals surface area contributed by atoms with Crippen molar-refractivity contribution in [2.24, 2.45) is 10.9 Å². The smallest absolute Gasteiger partial charge is 0.254 e. The molecule has 1 N–H and O–H groups in total. The first kappa shape index (κ1) is 26.8. The van der Waals surface area contributed by atoms with Crippen molar-refractivity contribution in [1.82, 2.24) is 10.2 Å². The Labute approximate surface area is 221 Å².